The molecule has 0 spiro atoms. The van der Waals surface area contributed by atoms with Crippen molar-refractivity contribution in [3.8, 4) is 0 Å². The highest BCUT2D eigenvalue weighted by Crippen LogP contribution is 2.45. The van der Waals surface area contributed by atoms with E-state index in [2.05, 4.69) is 29.8 Å². The molecule has 11 heavy (non-hydrogen) atoms. The van der Waals surface area contributed by atoms with Gasteiger partial charge in [-0.1, -0.05) is 29.8 Å². The average molecular weight is 221 g/mol. The number of ether oxygens (including phenoxy) is 1. The lowest BCUT2D eigenvalue weighted by molar-refractivity contribution is 0.00989. The summed E-state index contributed by atoms with van der Waals surface area (Å²) in [6, 6.07) is 0. The zero-order valence-electron chi connectivity index (χ0n) is 7.61. The molecule has 0 amide bonds. The number of methoxy groups -OCH3 is 1. The minimum absolute atomic E-state index is 0.128. The van der Waals surface area contributed by atoms with Crippen LogP contribution in [0.4, 0.5) is 0 Å². The van der Waals surface area contributed by atoms with E-state index in [9.17, 15) is 0 Å². The molecule has 1 saturated carbocycles. The summed E-state index contributed by atoms with van der Waals surface area (Å²) in [4.78, 5) is 0. The van der Waals surface area contributed by atoms with Gasteiger partial charge in [0.25, 0.3) is 0 Å². The smallest absolute Gasteiger partial charge is 0.0780 e. The Morgan fingerprint density at radius 2 is 2.00 bits per heavy atom. The van der Waals surface area contributed by atoms with Crippen molar-refractivity contribution in [2.75, 3.05) is 12.4 Å². The van der Waals surface area contributed by atoms with Gasteiger partial charge in [0.1, 0.15) is 0 Å². The number of rotatable bonds is 2. The van der Waals surface area contributed by atoms with Crippen LogP contribution < -0.4 is 0 Å². The summed E-state index contributed by atoms with van der Waals surface area (Å²) >= 11 is 3.52. The molecule has 0 radical (unpaired) electrons. The van der Waals surface area contributed by atoms with E-state index in [-0.39, 0.29) is 5.60 Å². The SMILES string of the molecule is COC1(CBr)CCC(C)(C)C1. The van der Waals surface area contributed by atoms with Gasteiger partial charge >= 0.3 is 0 Å². The fraction of sp³-hybridized carbons (Fsp3) is 1.00. The van der Waals surface area contributed by atoms with Crippen LogP contribution in [-0.2, 0) is 4.74 Å². The highest BCUT2D eigenvalue weighted by molar-refractivity contribution is 9.09. The van der Waals surface area contributed by atoms with Crippen LogP contribution in [0.2, 0.25) is 0 Å². The Hall–Kier alpha value is 0.440. The lowest BCUT2D eigenvalue weighted by atomic mass is 9.90. The van der Waals surface area contributed by atoms with E-state index in [4.69, 9.17) is 4.74 Å². The fourth-order valence-electron chi connectivity index (χ4n) is 1.96. The first-order chi connectivity index (χ1) is 5.04. The predicted octanol–water partition coefficient (Wildman–Crippen LogP) is 2.98. The highest BCUT2D eigenvalue weighted by atomic mass is 79.9. The van der Waals surface area contributed by atoms with Crippen LogP contribution in [-0.4, -0.2) is 18.0 Å². The lowest BCUT2D eigenvalue weighted by Gasteiger charge is -2.27. The van der Waals surface area contributed by atoms with E-state index >= 15 is 0 Å². The van der Waals surface area contributed by atoms with Gasteiger partial charge in [-0.2, -0.15) is 0 Å². The quantitative estimate of drug-likeness (QED) is 0.651. The molecule has 0 aromatic heterocycles. The monoisotopic (exact) mass is 220 g/mol. The van der Waals surface area contributed by atoms with Crippen molar-refractivity contribution in [1.82, 2.24) is 0 Å². The zero-order chi connectivity index (χ0) is 8.54. The van der Waals surface area contributed by atoms with Gasteiger partial charge in [-0.15, -0.1) is 0 Å². The molecule has 0 aromatic rings. The molecule has 0 aromatic carbocycles. The van der Waals surface area contributed by atoms with Crippen LogP contribution in [0.3, 0.4) is 0 Å². The summed E-state index contributed by atoms with van der Waals surface area (Å²) in [6.07, 6.45) is 3.66. The predicted molar refractivity (Wildman–Crippen MR) is 51.2 cm³/mol. The molecule has 1 aliphatic carbocycles. The standard InChI is InChI=1S/C9H17BrO/c1-8(2)4-5-9(6-8,7-10)11-3/h4-7H2,1-3H3. The molecule has 1 rings (SSSR count). The maximum absolute atomic E-state index is 5.54. The van der Waals surface area contributed by atoms with Crippen molar-refractivity contribution in [3.05, 3.63) is 0 Å². The van der Waals surface area contributed by atoms with E-state index in [1.165, 1.54) is 19.3 Å². The maximum Gasteiger partial charge on any atom is 0.0780 e. The van der Waals surface area contributed by atoms with Gasteiger partial charge in [-0.05, 0) is 24.7 Å². The molecule has 0 aliphatic heterocycles. The third-order valence-corrected chi connectivity index (χ3v) is 3.76. The molecule has 0 N–H and O–H groups in total. The van der Waals surface area contributed by atoms with Crippen LogP contribution in [0.15, 0.2) is 0 Å². The van der Waals surface area contributed by atoms with Gasteiger partial charge in [0.15, 0.2) is 0 Å². The second-order valence-electron chi connectivity index (χ2n) is 4.36. The van der Waals surface area contributed by atoms with Crippen molar-refractivity contribution in [3.63, 3.8) is 0 Å². The molecule has 66 valence electrons. The molecule has 1 fully saturated rings. The Morgan fingerprint density at radius 3 is 2.18 bits per heavy atom. The normalized spacial score (nSPS) is 36.0. The van der Waals surface area contributed by atoms with Gasteiger partial charge in [-0.25, -0.2) is 0 Å². The Kier molecular flexibility index (Phi) is 2.65. The van der Waals surface area contributed by atoms with E-state index in [0.717, 1.165) is 5.33 Å². The molecule has 0 saturated heterocycles. The summed E-state index contributed by atoms with van der Waals surface area (Å²) in [7, 11) is 1.82. The fourth-order valence-corrected chi connectivity index (χ4v) is 2.67. The lowest BCUT2D eigenvalue weighted by Crippen LogP contribution is -2.30. The topological polar surface area (TPSA) is 9.23 Å². The Bertz CT molecular complexity index is 138. The summed E-state index contributed by atoms with van der Waals surface area (Å²) in [5.41, 5.74) is 0.604. The summed E-state index contributed by atoms with van der Waals surface area (Å²) in [6.45, 7) is 4.63. The minimum Gasteiger partial charge on any atom is -0.377 e. The number of hydrogen-bond acceptors (Lipinski definition) is 1. The Balaban J connectivity index is 2.62. The Morgan fingerprint density at radius 1 is 1.36 bits per heavy atom. The molecular formula is C9H17BrO. The molecule has 1 aliphatic rings. The summed E-state index contributed by atoms with van der Waals surface area (Å²) in [5, 5.41) is 0.972. The maximum atomic E-state index is 5.54. The number of halogens is 1. The second-order valence-corrected chi connectivity index (χ2v) is 4.92. The molecule has 0 bridgehead atoms. The highest BCUT2D eigenvalue weighted by Gasteiger charge is 2.42. The number of hydrogen-bond donors (Lipinski definition) is 0. The third-order valence-electron chi connectivity index (χ3n) is 2.73. The molecule has 1 nitrogen and oxygen atoms in total. The molecule has 1 atom stereocenters. The van der Waals surface area contributed by atoms with Crippen LogP contribution in [0.5, 0.6) is 0 Å². The van der Waals surface area contributed by atoms with Crippen molar-refractivity contribution < 1.29 is 4.74 Å². The van der Waals surface area contributed by atoms with Crippen LogP contribution >= 0.6 is 15.9 Å². The first-order valence-corrected chi connectivity index (χ1v) is 5.27. The van der Waals surface area contributed by atoms with Crippen molar-refractivity contribution in [2.24, 2.45) is 5.41 Å². The van der Waals surface area contributed by atoms with Gasteiger partial charge in [0.2, 0.25) is 0 Å². The first-order valence-electron chi connectivity index (χ1n) is 4.15. The summed E-state index contributed by atoms with van der Waals surface area (Å²) in [5.74, 6) is 0. The van der Waals surface area contributed by atoms with Gasteiger partial charge in [-0.3, -0.25) is 0 Å². The Labute approximate surface area is 77.6 Å². The summed E-state index contributed by atoms with van der Waals surface area (Å²) < 4.78 is 5.54. The third kappa shape index (κ3) is 1.97. The number of alkyl halides is 1. The van der Waals surface area contributed by atoms with E-state index in [0.29, 0.717) is 5.41 Å². The van der Waals surface area contributed by atoms with Gasteiger partial charge < -0.3 is 4.74 Å². The van der Waals surface area contributed by atoms with Crippen molar-refractivity contribution >= 4 is 15.9 Å². The molecule has 2 heteroatoms. The largest absolute Gasteiger partial charge is 0.377 e. The van der Waals surface area contributed by atoms with E-state index in [1.807, 2.05) is 7.11 Å². The van der Waals surface area contributed by atoms with Gasteiger partial charge in [0.05, 0.1) is 5.60 Å². The first kappa shape index (κ1) is 9.53. The van der Waals surface area contributed by atoms with Crippen molar-refractivity contribution in [1.29, 1.82) is 0 Å². The zero-order valence-corrected chi connectivity index (χ0v) is 9.20. The second kappa shape index (κ2) is 3.06. The van der Waals surface area contributed by atoms with Crippen LogP contribution in [0.25, 0.3) is 0 Å². The molecule has 1 unspecified atom stereocenters. The molecule has 0 heterocycles. The van der Waals surface area contributed by atoms with Crippen LogP contribution in [0, 0.1) is 5.41 Å². The van der Waals surface area contributed by atoms with Gasteiger partial charge in [0, 0.05) is 12.4 Å². The molecular weight excluding hydrogens is 204 g/mol. The van der Waals surface area contributed by atoms with E-state index in [1.54, 1.807) is 0 Å². The van der Waals surface area contributed by atoms with E-state index < -0.39 is 0 Å². The minimum atomic E-state index is 0.128. The van der Waals surface area contributed by atoms with Crippen molar-refractivity contribution in [2.45, 2.75) is 38.7 Å². The average Bonchev–Trinajstić information content (AvgIpc) is 2.28. The van der Waals surface area contributed by atoms with Crippen LogP contribution in [0.1, 0.15) is 33.1 Å².